The smallest absolute Gasteiger partial charge is 0.238 e. The van der Waals surface area contributed by atoms with Crippen molar-refractivity contribution in [3.63, 3.8) is 0 Å². The molecule has 1 amide bonds. The fourth-order valence-corrected chi connectivity index (χ4v) is 1.26. The normalized spacial score (nSPS) is 14.2. The van der Waals surface area contributed by atoms with Crippen LogP contribution in [0.1, 0.15) is 26.7 Å². The van der Waals surface area contributed by atoms with Crippen molar-refractivity contribution < 1.29 is 4.79 Å². The number of hydrogen-bond donors (Lipinski definition) is 1. The highest BCUT2D eigenvalue weighted by atomic mass is 16.2. The third-order valence-electron chi connectivity index (χ3n) is 2.30. The van der Waals surface area contributed by atoms with E-state index in [4.69, 9.17) is 5.73 Å². The second-order valence-corrected chi connectivity index (χ2v) is 3.82. The van der Waals surface area contributed by atoms with Gasteiger partial charge in [0.2, 0.25) is 5.91 Å². The quantitative estimate of drug-likeness (QED) is 0.691. The first-order valence-electron chi connectivity index (χ1n) is 5.65. The molecule has 0 rings (SSSR count). The highest BCUT2D eigenvalue weighted by molar-refractivity contribution is 5.95. The first kappa shape index (κ1) is 14.8. The van der Waals surface area contributed by atoms with Crippen LogP contribution in [0, 0.1) is 0 Å². The van der Waals surface area contributed by atoms with E-state index in [0.717, 1.165) is 18.6 Å². The number of carbonyl (C=O) groups excluding carboxylic acids is 1. The lowest BCUT2D eigenvalue weighted by molar-refractivity contribution is -0.130. The van der Waals surface area contributed by atoms with E-state index < -0.39 is 6.04 Å². The van der Waals surface area contributed by atoms with Crippen LogP contribution >= 0.6 is 0 Å². The van der Waals surface area contributed by atoms with Crippen molar-refractivity contribution in [3.05, 3.63) is 12.2 Å². The zero-order valence-electron chi connectivity index (χ0n) is 10.7. The average molecular weight is 225 g/mol. The van der Waals surface area contributed by atoms with Crippen LogP contribution in [-0.2, 0) is 4.79 Å². The topological polar surface area (TPSA) is 58.7 Å². The van der Waals surface area contributed by atoms with Gasteiger partial charge in [0.05, 0.1) is 6.04 Å². The van der Waals surface area contributed by atoms with Gasteiger partial charge in [-0.3, -0.25) is 9.79 Å². The highest BCUT2D eigenvalue weighted by Gasteiger charge is 2.12. The molecule has 0 aromatic rings. The second kappa shape index (κ2) is 8.05. The number of hydrogen-bond acceptors (Lipinski definition) is 3. The summed E-state index contributed by atoms with van der Waals surface area (Å²) in [6.45, 7) is 4.43. The van der Waals surface area contributed by atoms with E-state index in [1.807, 2.05) is 6.08 Å². The summed E-state index contributed by atoms with van der Waals surface area (Å²) in [5.74, 6) is -0.0325. The van der Waals surface area contributed by atoms with Gasteiger partial charge in [-0.1, -0.05) is 13.0 Å². The lowest BCUT2D eigenvalue weighted by Gasteiger charge is -2.19. The van der Waals surface area contributed by atoms with E-state index in [0.29, 0.717) is 6.54 Å². The van der Waals surface area contributed by atoms with Crippen molar-refractivity contribution >= 4 is 11.6 Å². The lowest BCUT2D eigenvalue weighted by atomic mass is 10.2. The minimum absolute atomic E-state index is 0.0325. The summed E-state index contributed by atoms with van der Waals surface area (Å²) in [5.41, 5.74) is 6.53. The first-order valence-corrected chi connectivity index (χ1v) is 5.65. The molecule has 1 unspecified atom stereocenters. The summed E-state index contributed by atoms with van der Waals surface area (Å²) >= 11 is 0. The molecular weight excluding hydrogens is 202 g/mol. The van der Waals surface area contributed by atoms with E-state index >= 15 is 0 Å². The minimum atomic E-state index is -0.432. The van der Waals surface area contributed by atoms with Crippen LogP contribution < -0.4 is 5.73 Å². The molecule has 0 saturated carbocycles. The van der Waals surface area contributed by atoms with Gasteiger partial charge in [0, 0.05) is 32.8 Å². The van der Waals surface area contributed by atoms with Gasteiger partial charge >= 0.3 is 0 Å². The monoisotopic (exact) mass is 225 g/mol. The predicted octanol–water partition coefficient (Wildman–Crippen LogP) is 1.22. The van der Waals surface area contributed by atoms with Crippen LogP contribution in [0.4, 0.5) is 0 Å². The minimum Gasteiger partial charge on any atom is -0.344 e. The van der Waals surface area contributed by atoms with Crippen LogP contribution in [-0.4, -0.2) is 43.2 Å². The van der Waals surface area contributed by atoms with Gasteiger partial charge < -0.3 is 10.6 Å². The number of rotatable bonds is 6. The Morgan fingerprint density at radius 2 is 2.19 bits per heavy atom. The first-order chi connectivity index (χ1) is 7.52. The largest absolute Gasteiger partial charge is 0.344 e. The molecule has 0 radical (unpaired) electrons. The van der Waals surface area contributed by atoms with Gasteiger partial charge in [-0.25, -0.2) is 0 Å². The van der Waals surface area contributed by atoms with E-state index in [1.54, 1.807) is 25.9 Å². The molecule has 0 saturated heterocycles. The van der Waals surface area contributed by atoms with Crippen molar-refractivity contribution in [1.82, 2.24) is 4.90 Å². The number of carbonyl (C=O) groups is 1. The standard InChI is InChI=1S/C12H23N3O/c1-5-6-7-11(14-3)8-9-15(4)12(16)10(2)13/h6-7,10H,5,8-9,13H2,1-4H3/b7-6-,14-11?. The predicted molar refractivity (Wildman–Crippen MR) is 68.7 cm³/mol. The number of nitrogens with two attached hydrogens (primary N) is 1. The molecule has 0 spiro atoms. The molecule has 92 valence electrons. The molecule has 0 aliphatic rings. The number of allylic oxidation sites excluding steroid dienone is 2. The van der Waals surface area contributed by atoms with Gasteiger partial charge in [0.15, 0.2) is 0 Å². The molecule has 0 aliphatic heterocycles. The maximum Gasteiger partial charge on any atom is 0.238 e. The molecule has 0 aromatic carbocycles. The Kier molecular flexibility index (Phi) is 7.46. The van der Waals surface area contributed by atoms with Gasteiger partial charge in [-0.05, 0) is 19.4 Å². The molecule has 16 heavy (non-hydrogen) atoms. The molecule has 4 nitrogen and oxygen atoms in total. The number of nitrogens with zero attached hydrogens (tertiary/aromatic N) is 2. The molecule has 0 fully saturated rings. The van der Waals surface area contributed by atoms with Gasteiger partial charge in [-0.2, -0.15) is 0 Å². The number of aliphatic imine (C=N–C) groups is 1. The Balaban J connectivity index is 4.13. The lowest BCUT2D eigenvalue weighted by Crippen LogP contribution is -2.40. The van der Waals surface area contributed by atoms with Crippen molar-refractivity contribution in [2.45, 2.75) is 32.7 Å². The summed E-state index contributed by atoms with van der Waals surface area (Å²) in [4.78, 5) is 17.3. The summed E-state index contributed by atoms with van der Waals surface area (Å²) in [6.07, 6.45) is 5.83. The van der Waals surface area contributed by atoms with Crippen LogP contribution in [0.5, 0.6) is 0 Å². The molecular formula is C12H23N3O. The van der Waals surface area contributed by atoms with Crippen LogP contribution in [0.2, 0.25) is 0 Å². The molecule has 0 bridgehead atoms. The fraction of sp³-hybridized carbons (Fsp3) is 0.667. The van der Waals surface area contributed by atoms with Crippen molar-refractivity contribution in [2.24, 2.45) is 10.7 Å². The van der Waals surface area contributed by atoms with E-state index in [9.17, 15) is 4.79 Å². The second-order valence-electron chi connectivity index (χ2n) is 3.82. The maximum absolute atomic E-state index is 11.5. The van der Waals surface area contributed by atoms with E-state index in [2.05, 4.69) is 18.0 Å². The third kappa shape index (κ3) is 5.66. The van der Waals surface area contributed by atoms with Crippen LogP contribution in [0.25, 0.3) is 0 Å². The Labute approximate surface area is 98.2 Å². The Morgan fingerprint density at radius 3 is 2.62 bits per heavy atom. The van der Waals surface area contributed by atoms with Gasteiger partial charge in [-0.15, -0.1) is 0 Å². The zero-order valence-corrected chi connectivity index (χ0v) is 10.7. The SMILES string of the molecule is CC/C=C\C(CCN(C)C(=O)C(C)N)=NC. The van der Waals surface area contributed by atoms with Crippen molar-refractivity contribution in [3.8, 4) is 0 Å². The molecule has 4 heteroatoms. The average Bonchev–Trinajstić information content (AvgIpc) is 2.27. The number of amides is 1. The van der Waals surface area contributed by atoms with Crippen LogP contribution in [0.15, 0.2) is 17.1 Å². The van der Waals surface area contributed by atoms with Gasteiger partial charge in [0.25, 0.3) is 0 Å². The zero-order chi connectivity index (χ0) is 12.6. The molecule has 2 N–H and O–H groups in total. The van der Waals surface area contributed by atoms with Crippen molar-refractivity contribution in [1.29, 1.82) is 0 Å². The maximum atomic E-state index is 11.5. The Hall–Kier alpha value is -1.16. The number of likely N-dealkylation sites (N-methyl/N-ethyl adjacent to an activating group) is 1. The molecule has 0 aliphatic carbocycles. The van der Waals surface area contributed by atoms with E-state index in [1.165, 1.54) is 0 Å². The summed E-state index contributed by atoms with van der Waals surface area (Å²) in [6, 6.07) is -0.432. The summed E-state index contributed by atoms with van der Waals surface area (Å²) in [5, 5.41) is 0. The fourth-order valence-electron chi connectivity index (χ4n) is 1.26. The van der Waals surface area contributed by atoms with Gasteiger partial charge in [0.1, 0.15) is 0 Å². The highest BCUT2D eigenvalue weighted by Crippen LogP contribution is 1.96. The Morgan fingerprint density at radius 1 is 1.56 bits per heavy atom. The summed E-state index contributed by atoms with van der Waals surface area (Å²) < 4.78 is 0. The van der Waals surface area contributed by atoms with Crippen LogP contribution in [0.3, 0.4) is 0 Å². The Bertz CT molecular complexity index is 269. The van der Waals surface area contributed by atoms with Crippen molar-refractivity contribution in [2.75, 3.05) is 20.6 Å². The molecule has 0 heterocycles. The molecule has 0 aromatic heterocycles. The van der Waals surface area contributed by atoms with E-state index in [-0.39, 0.29) is 5.91 Å². The molecule has 1 atom stereocenters. The summed E-state index contributed by atoms with van der Waals surface area (Å²) in [7, 11) is 3.53. The third-order valence-corrected chi connectivity index (χ3v) is 2.30.